The van der Waals surface area contributed by atoms with Crippen LogP contribution in [-0.2, 0) is 4.74 Å². The fraction of sp³-hybridized carbons (Fsp3) is 0.318. The molecule has 0 amide bonds. The Balaban J connectivity index is 1.50. The Morgan fingerprint density at radius 1 is 0.900 bits per heavy atom. The number of morpholine rings is 1. The highest BCUT2D eigenvalue weighted by molar-refractivity contribution is 6.28. The minimum Gasteiger partial charge on any atom is -0.370 e. The molecule has 1 fully saturated rings. The van der Waals surface area contributed by atoms with Gasteiger partial charge in [0.05, 0.1) is 19.8 Å². The Hall–Kier alpha value is -2.74. The maximum absolute atomic E-state index is 6.26. The van der Waals surface area contributed by atoms with Gasteiger partial charge in [0.1, 0.15) is 13.1 Å². The van der Waals surface area contributed by atoms with E-state index in [1.165, 1.54) is 0 Å². The molecule has 1 aromatic heterocycles. The third-order valence-corrected chi connectivity index (χ3v) is 5.18. The summed E-state index contributed by atoms with van der Waals surface area (Å²) in [7, 11) is 0. The van der Waals surface area contributed by atoms with E-state index in [1.54, 1.807) is 4.90 Å². The molecule has 156 valence electrons. The van der Waals surface area contributed by atoms with Crippen molar-refractivity contribution in [2.45, 2.75) is 6.42 Å². The fourth-order valence-corrected chi connectivity index (χ4v) is 3.66. The molecule has 3 aromatic rings. The minimum absolute atomic E-state index is 0.165. The monoisotopic (exact) mass is 425 g/mol. The molecule has 0 bridgehead atoms. The summed E-state index contributed by atoms with van der Waals surface area (Å²) in [5.74, 6) is 0.965. The Morgan fingerprint density at radius 3 is 2.17 bits per heavy atom. The van der Waals surface area contributed by atoms with Crippen molar-refractivity contribution in [1.82, 2.24) is 15.0 Å². The van der Waals surface area contributed by atoms with E-state index in [9.17, 15) is 0 Å². The first kappa shape index (κ1) is 20.5. The summed E-state index contributed by atoms with van der Waals surface area (Å²) in [6, 6.07) is 20.0. The lowest BCUT2D eigenvalue weighted by Crippen LogP contribution is -3.14. The van der Waals surface area contributed by atoms with E-state index in [4.69, 9.17) is 16.3 Å². The SMILES string of the molecule is Clc1nc(NCCC[NH+]2CCOCC2)nc(N(c2ccccc2)c2ccccc2)n1. The van der Waals surface area contributed by atoms with E-state index in [1.807, 2.05) is 65.6 Å². The molecule has 2 heterocycles. The number of anilines is 4. The van der Waals surface area contributed by atoms with Crippen LogP contribution in [0.5, 0.6) is 0 Å². The van der Waals surface area contributed by atoms with Crippen molar-refractivity contribution in [3.05, 3.63) is 65.9 Å². The van der Waals surface area contributed by atoms with Crippen LogP contribution in [0.2, 0.25) is 5.28 Å². The molecular weight excluding hydrogens is 400 g/mol. The van der Waals surface area contributed by atoms with Gasteiger partial charge in [0, 0.05) is 24.3 Å². The minimum atomic E-state index is 0.165. The molecule has 0 aliphatic carbocycles. The number of hydrogen-bond acceptors (Lipinski definition) is 6. The average molecular weight is 426 g/mol. The fourth-order valence-electron chi connectivity index (χ4n) is 3.50. The number of quaternary nitrogens is 1. The van der Waals surface area contributed by atoms with Gasteiger partial charge in [0.25, 0.3) is 0 Å². The first-order valence-corrected chi connectivity index (χ1v) is 10.6. The van der Waals surface area contributed by atoms with Crippen LogP contribution < -0.4 is 15.1 Å². The molecule has 1 aliphatic heterocycles. The molecular formula is C22H26ClN6O+. The van der Waals surface area contributed by atoms with Crippen LogP contribution in [0.15, 0.2) is 60.7 Å². The van der Waals surface area contributed by atoms with Gasteiger partial charge in [0.15, 0.2) is 0 Å². The Morgan fingerprint density at radius 2 is 1.53 bits per heavy atom. The van der Waals surface area contributed by atoms with E-state index < -0.39 is 0 Å². The summed E-state index contributed by atoms with van der Waals surface area (Å²) in [4.78, 5) is 16.9. The number of nitrogens with one attached hydrogen (secondary N) is 2. The number of para-hydroxylation sites is 2. The lowest BCUT2D eigenvalue weighted by Gasteiger charge is -2.24. The van der Waals surface area contributed by atoms with Crippen molar-refractivity contribution in [1.29, 1.82) is 0 Å². The maximum atomic E-state index is 6.26. The predicted octanol–water partition coefficient (Wildman–Crippen LogP) is 2.71. The summed E-state index contributed by atoms with van der Waals surface area (Å²) in [5.41, 5.74) is 1.90. The first-order valence-electron chi connectivity index (χ1n) is 10.3. The molecule has 8 heteroatoms. The van der Waals surface area contributed by atoms with Crippen molar-refractivity contribution in [3.63, 3.8) is 0 Å². The summed E-state index contributed by atoms with van der Waals surface area (Å²) < 4.78 is 5.41. The van der Waals surface area contributed by atoms with Crippen LogP contribution in [-0.4, -0.2) is 54.3 Å². The Labute approximate surface area is 181 Å². The zero-order valence-electron chi connectivity index (χ0n) is 16.8. The van der Waals surface area contributed by atoms with Gasteiger partial charge in [-0.15, -0.1) is 0 Å². The van der Waals surface area contributed by atoms with Crippen molar-refractivity contribution < 1.29 is 9.64 Å². The van der Waals surface area contributed by atoms with Crippen LogP contribution >= 0.6 is 11.6 Å². The summed E-state index contributed by atoms with van der Waals surface area (Å²) in [6.45, 7) is 5.73. The number of rotatable bonds is 8. The van der Waals surface area contributed by atoms with Crippen LogP contribution in [0.25, 0.3) is 0 Å². The molecule has 1 aliphatic rings. The van der Waals surface area contributed by atoms with Gasteiger partial charge in [-0.3, -0.25) is 4.90 Å². The summed E-state index contributed by atoms with van der Waals surface area (Å²) >= 11 is 6.26. The quantitative estimate of drug-likeness (QED) is 0.541. The van der Waals surface area contributed by atoms with Crippen LogP contribution in [0.3, 0.4) is 0 Å². The van der Waals surface area contributed by atoms with Gasteiger partial charge in [0.2, 0.25) is 17.2 Å². The molecule has 2 aromatic carbocycles. The van der Waals surface area contributed by atoms with Crippen molar-refractivity contribution in [2.75, 3.05) is 49.6 Å². The van der Waals surface area contributed by atoms with Gasteiger partial charge in [-0.05, 0) is 35.9 Å². The van der Waals surface area contributed by atoms with Gasteiger partial charge < -0.3 is 15.0 Å². The zero-order valence-corrected chi connectivity index (χ0v) is 17.6. The van der Waals surface area contributed by atoms with Gasteiger partial charge in [-0.2, -0.15) is 15.0 Å². The van der Waals surface area contributed by atoms with Crippen molar-refractivity contribution in [3.8, 4) is 0 Å². The third-order valence-electron chi connectivity index (χ3n) is 5.02. The average Bonchev–Trinajstić information content (AvgIpc) is 2.79. The predicted molar refractivity (Wildman–Crippen MR) is 119 cm³/mol. The second kappa shape index (κ2) is 10.3. The number of halogens is 1. The van der Waals surface area contributed by atoms with Crippen molar-refractivity contribution in [2.24, 2.45) is 0 Å². The lowest BCUT2D eigenvalue weighted by atomic mass is 10.2. The maximum Gasteiger partial charge on any atom is 0.240 e. The number of ether oxygens (including phenoxy) is 1. The molecule has 7 nitrogen and oxygen atoms in total. The number of hydrogen-bond donors (Lipinski definition) is 2. The van der Waals surface area contributed by atoms with Crippen LogP contribution in [0.1, 0.15) is 6.42 Å². The number of benzene rings is 2. The van der Waals surface area contributed by atoms with E-state index in [-0.39, 0.29) is 5.28 Å². The number of aromatic nitrogens is 3. The van der Waals surface area contributed by atoms with Crippen LogP contribution in [0.4, 0.5) is 23.3 Å². The molecule has 0 atom stereocenters. The smallest absolute Gasteiger partial charge is 0.240 e. The largest absolute Gasteiger partial charge is 0.370 e. The van der Waals surface area contributed by atoms with Crippen molar-refractivity contribution >= 4 is 34.9 Å². The molecule has 1 saturated heterocycles. The zero-order chi connectivity index (χ0) is 20.6. The van der Waals surface area contributed by atoms with E-state index in [2.05, 4.69) is 20.3 Å². The highest BCUT2D eigenvalue weighted by Crippen LogP contribution is 2.32. The van der Waals surface area contributed by atoms with E-state index in [0.717, 1.165) is 57.2 Å². The number of nitrogens with zero attached hydrogens (tertiary/aromatic N) is 4. The standard InChI is InChI=1S/C22H25ClN6O/c23-20-25-21(24-12-7-13-28-14-16-30-17-15-28)27-22(26-20)29(18-8-3-1-4-9-18)19-10-5-2-6-11-19/h1-6,8-11H,7,12-17H2,(H,24,25,26,27)/p+1. The highest BCUT2D eigenvalue weighted by atomic mass is 35.5. The van der Waals surface area contributed by atoms with Gasteiger partial charge in [-0.25, -0.2) is 0 Å². The van der Waals surface area contributed by atoms with E-state index in [0.29, 0.717) is 11.9 Å². The highest BCUT2D eigenvalue weighted by Gasteiger charge is 2.17. The van der Waals surface area contributed by atoms with E-state index >= 15 is 0 Å². The molecule has 30 heavy (non-hydrogen) atoms. The first-order chi connectivity index (χ1) is 14.8. The van der Waals surface area contributed by atoms with Gasteiger partial charge in [-0.1, -0.05) is 36.4 Å². The molecule has 2 N–H and O–H groups in total. The molecule has 4 rings (SSSR count). The lowest BCUT2D eigenvalue weighted by molar-refractivity contribution is -0.908. The molecule has 0 spiro atoms. The summed E-state index contributed by atoms with van der Waals surface area (Å²) in [5, 5.41) is 3.47. The Kier molecular flexibility index (Phi) is 7.07. The third kappa shape index (κ3) is 5.44. The molecule has 0 unspecified atom stereocenters. The second-order valence-corrected chi connectivity index (χ2v) is 7.47. The summed E-state index contributed by atoms with van der Waals surface area (Å²) in [6.07, 6.45) is 1.02. The van der Waals surface area contributed by atoms with Gasteiger partial charge >= 0.3 is 0 Å². The topological polar surface area (TPSA) is 67.6 Å². The normalized spacial score (nSPS) is 14.4. The Bertz CT molecular complexity index is 882. The molecule has 0 saturated carbocycles. The van der Waals surface area contributed by atoms with Crippen LogP contribution in [0, 0.1) is 0 Å². The second-order valence-electron chi connectivity index (χ2n) is 7.13. The molecule has 0 radical (unpaired) electrons.